The van der Waals surface area contributed by atoms with E-state index in [9.17, 15) is 4.39 Å². The molecule has 1 aliphatic heterocycles. The van der Waals surface area contributed by atoms with Crippen LogP contribution in [0.1, 0.15) is 6.42 Å². The third kappa shape index (κ3) is 4.30. The zero-order valence-electron chi connectivity index (χ0n) is 11.0. The van der Waals surface area contributed by atoms with Crippen LogP contribution in [0.4, 0.5) is 10.2 Å². The van der Waals surface area contributed by atoms with Gasteiger partial charge in [0.15, 0.2) is 11.6 Å². The molecule has 0 bridgehead atoms. The first-order valence-electron chi connectivity index (χ1n) is 6.45. The van der Waals surface area contributed by atoms with Crippen molar-refractivity contribution in [3.63, 3.8) is 0 Å². The monoisotopic (exact) mass is 287 g/mol. The highest BCUT2D eigenvalue weighted by molar-refractivity contribution is 6.30. The quantitative estimate of drug-likeness (QED) is 0.871. The number of ether oxygens (including phenoxy) is 1. The number of hydrogen-bond donors (Lipinski definition) is 1. The Bertz CT molecular complexity index is 419. The predicted octanol–water partition coefficient (Wildman–Crippen LogP) is 2.25. The zero-order valence-corrected chi connectivity index (χ0v) is 11.8. The third-order valence-electron chi connectivity index (χ3n) is 3.35. The van der Waals surface area contributed by atoms with E-state index < -0.39 is 5.82 Å². The van der Waals surface area contributed by atoms with E-state index in [1.165, 1.54) is 12.3 Å². The van der Waals surface area contributed by atoms with Gasteiger partial charge < -0.3 is 15.0 Å². The first-order chi connectivity index (χ1) is 9.19. The fraction of sp³-hybridized carbons (Fsp3) is 0.615. The number of rotatable bonds is 6. The number of nitrogens with zero attached hydrogens (tertiary/aromatic N) is 2. The van der Waals surface area contributed by atoms with Gasteiger partial charge in [0.1, 0.15) is 0 Å². The van der Waals surface area contributed by atoms with Gasteiger partial charge in [-0.2, -0.15) is 0 Å². The number of halogens is 2. The van der Waals surface area contributed by atoms with Gasteiger partial charge >= 0.3 is 0 Å². The van der Waals surface area contributed by atoms with E-state index in [-0.39, 0.29) is 5.82 Å². The maximum absolute atomic E-state index is 13.5. The minimum Gasteiger partial charge on any atom is -0.383 e. The summed E-state index contributed by atoms with van der Waals surface area (Å²) in [7, 11) is 1.71. The average molecular weight is 288 g/mol. The number of hydrogen-bond acceptors (Lipinski definition) is 4. The molecule has 1 unspecified atom stereocenters. The molecule has 1 aliphatic rings. The van der Waals surface area contributed by atoms with Crippen molar-refractivity contribution in [2.45, 2.75) is 6.42 Å². The van der Waals surface area contributed by atoms with E-state index >= 15 is 0 Å². The van der Waals surface area contributed by atoms with Crippen LogP contribution < -0.4 is 5.32 Å². The summed E-state index contributed by atoms with van der Waals surface area (Å²) in [5, 5.41) is 3.37. The molecule has 0 amide bonds. The second-order valence-electron chi connectivity index (χ2n) is 4.81. The second-order valence-corrected chi connectivity index (χ2v) is 5.25. The summed E-state index contributed by atoms with van der Waals surface area (Å²) in [6.45, 7) is 4.54. The molecule has 0 saturated carbocycles. The first-order valence-corrected chi connectivity index (χ1v) is 6.83. The molecule has 1 aromatic rings. The van der Waals surface area contributed by atoms with Crippen molar-refractivity contribution in [3.05, 3.63) is 23.1 Å². The zero-order chi connectivity index (χ0) is 13.7. The highest BCUT2D eigenvalue weighted by Gasteiger charge is 2.22. The van der Waals surface area contributed by atoms with Crippen LogP contribution >= 0.6 is 11.6 Å². The Labute approximate surface area is 117 Å². The van der Waals surface area contributed by atoms with Crippen LogP contribution in [-0.2, 0) is 4.74 Å². The molecule has 1 N–H and O–H groups in total. The lowest BCUT2D eigenvalue weighted by Gasteiger charge is -2.15. The summed E-state index contributed by atoms with van der Waals surface area (Å²) in [6, 6.07) is 1.27. The molecule has 4 nitrogen and oxygen atoms in total. The maximum Gasteiger partial charge on any atom is 0.166 e. The highest BCUT2D eigenvalue weighted by Crippen LogP contribution is 2.19. The van der Waals surface area contributed by atoms with Crippen LogP contribution in [0.15, 0.2) is 12.3 Å². The van der Waals surface area contributed by atoms with Crippen molar-refractivity contribution in [1.82, 2.24) is 9.88 Å². The van der Waals surface area contributed by atoms with Crippen molar-refractivity contribution < 1.29 is 9.13 Å². The van der Waals surface area contributed by atoms with E-state index in [1.807, 2.05) is 0 Å². The molecule has 0 radical (unpaired) electrons. The molecule has 1 fully saturated rings. The van der Waals surface area contributed by atoms with Gasteiger partial charge in [-0.05, 0) is 24.9 Å². The Morgan fingerprint density at radius 2 is 2.47 bits per heavy atom. The molecule has 2 rings (SSSR count). The van der Waals surface area contributed by atoms with Crippen molar-refractivity contribution in [3.8, 4) is 0 Å². The molecule has 0 aromatic carbocycles. The van der Waals surface area contributed by atoms with Crippen LogP contribution in [-0.4, -0.2) is 49.8 Å². The van der Waals surface area contributed by atoms with Crippen LogP contribution in [0.3, 0.4) is 0 Å². The number of methoxy groups -OCH3 is 1. The van der Waals surface area contributed by atoms with Gasteiger partial charge in [0, 0.05) is 32.9 Å². The van der Waals surface area contributed by atoms with Gasteiger partial charge in [-0.3, -0.25) is 0 Å². The molecule has 1 saturated heterocycles. The van der Waals surface area contributed by atoms with Gasteiger partial charge in [0.05, 0.1) is 11.6 Å². The summed E-state index contributed by atoms with van der Waals surface area (Å²) in [5.74, 6) is 0.398. The SMILES string of the molecule is COCCN1CCC(CNc2ncc(Cl)cc2F)C1. The van der Waals surface area contributed by atoms with Crippen LogP contribution in [0, 0.1) is 11.7 Å². The van der Waals surface area contributed by atoms with Crippen molar-refractivity contribution in [1.29, 1.82) is 0 Å². The lowest BCUT2D eigenvalue weighted by atomic mass is 10.1. The van der Waals surface area contributed by atoms with E-state index in [2.05, 4.69) is 15.2 Å². The first kappa shape index (κ1) is 14.5. The Balaban J connectivity index is 1.77. The van der Waals surface area contributed by atoms with Crippen molar-refractivity contribution in [2.24, 2.45) is 5.92 Å². The second kappa shape index (κ2) is 7.03. The standard InChI is InChI=1S/C13H19ClFN3O/c1-19-5-4-18-3-2-10(9-18)7-16-13-12(15)6-11(14)8-17-13/h6,8,10H,2-5,7,9H2,1H3,(H,16,17). The summed E-state index contributed by atoms with van der Waals surface area (Å²) in [6.07, 6.45) is 2.57. The molecule has 2 heterocycles. The van der Waals surface area contributed by atoms with E-state index in [0.717, 1.165) is 39.2 Å². The van der Waals surface area contributed by atoms with Gasteiger partial charge in [-0.15, -0.1) is 0 Å². The van der Waals surface area contributed by atoms with Crippen LogP contribution in [0.2, 0.25) is 5.02 Å². The molecule has 6 heteroatoms. The number of pyridine rings is 1. The lowest BCUT2D eigenvalue weighted by Crippen LogP contribution is -2.26. The molecule has 19 heavy (non-hydrogen) atoms. The molecule has 106 valence electrons. The summed E-state index contributed by atoms with van der Waals surface area (Å²) in [4.78, 5) is 6.32. The number of anilines is 1. The van der Waals surface area contributed by atoms with Gasteiger partial charge in [0.2, 0.25) is 0 Å². The fourth-order valence-corrected chi connectivity index (χ4v) is 2.43. The molecule has 0 aliphatic carbocycles. The molecule has 1 atom stereocenters. The maximum atomic E-state index is 13.5. The fourth-order valence-electron chi connectivity index (χ4n) is 2.29. The summed E-state index contributed by atoms with van der Waals surface area (Å²) >= 11 is 5.66. The number of aromatic nitrogens is 1. The van der Waals surface area contributed by atoms with E-state index in [0.29, 0.717) is 10.9 Å². The van der Waals surface area contributed by atoms with Gasteiger partial charge in [-0.25, -0.2) is 9.37 Å². The molecule has 1 aromatic heterocycles. The van der Waals surface area contributed by atoms with Crippen LogP contribution in [0.25, 0.3) is 0 Å². The predicted molar refractivity (Wildman–Crippen MR) is 74.1 cm³/mol. The Kier molecular flexibility index (Phi) is 5.36. The topological polar surface area (TPSA) is 37.4 Å². The average Bonchev–Trinajstić information content (AvgIpc) is 2.83. The van der Waals surface area contributed by atoms with Gasteiger partial charge in [0.25, 0.3) is 0 Å². The van der Waals surface area contributed by atoms with Gasteiger partial charge in [-0.1, -0.05) is 11.6 Å². The normalized spacial score (nSPS) is 19.8. The molecular formula is C13H19ClFN3O. The summed E-state index contributed by atoms with van der Waals surface area (Å²) < 4.78 is 18.6. The molecular weight excluding hydrogens is 269 g/mol. The molecule has 0 spiro atoms. The highest BCUT2D eigenvalue weighted by atomic mass is 35.5. The largest absolute Gasteiger partial charge is 0.383 e. The summed E-state index contributed by atoms with van der Waals surface area (Å²) in [5.41, 5.74) is 0. The Morgan fingerprint density at radius 3 is 3.21 bits per heavy atom. The minimum atomic E-state index is -0.401. The number of likely N-dealkylation sites (tertiary alicyclic amines) is 1. The Hall–Kier alpha value is -0.910. The lowest BCUT2D eigenvalue weighted by molar-refractivity contribution is 0.159. The van der Waals surface area contributed by atoms with Crippen molar-refractivity contribution >= 4 is 17.4 Å². The minimum absolute atomic E-state index is 0.278. The van der Waals surface area contributed by atoms with E-state index in [4.69, 9.17) is 16.3 Å². The van der Waals surface area contributed by atoms with E-state index in [1.54, 1.807) is 7.11 Å². The van der Waals surface area contributed by atoms with Crippen molar-refractivity contribution in [2.75, 3.05) is 45.2 Å². The van der Waals surface area contributed by atoms with Crippen LogP contribution in [0.5, 0.6) is 0 Å². The smallest absolute Gasteiger partial charge is 0.166 e. The Morgan fingerprint density at radius 1 is 1.63 bits per heavy atom. The number of nitrogens with one attached hydrogen (secondary N) is 1. The third-order valence-corrected chi connectivity index (χ3v) is 3.55.